The van der Waals surface area contributed by atoms with Crippen molar-refractivity contribution in [2.45, 2.75) is 11.4 Å². The van der Waals surface area contributed by atoms with E-state index in [2.05, 4.69) is 14.8 Å². The molecule has 1 aromatic carbocycles. The van der Waals surface area contributed by atoms with E-state index in [0.29, 0.717) is 12.3 Å². The van der Waals surface area contributed by atoms with Gasteiger partial charge in [0.1, 0.15) is 22.1 Å². The first-order valence-corrected chi connectivity index (χ1v) is 9.68. The molecule has 0 unspecified atom stereocenters. The van der Waals surface area contributed by atoms with E-state index in [1.54, 1.807) is 23.1 Å². The smallest absolute Gasteiger partial charge is 0.244 e. The van der Waals surface area contributed by atoms with E-state index >= 15 is 0 Å². The molecule has 3 aromatic rings. The number of nitrogens with one attached hydrogen (secondary N) is 1. The van der Waals surface area contributed by atoms with Crippen molar-refractivity contribution in [1.82, 2.24) is 19.5 Å². The maximum Gasteiger partial charge on any atom is 0.244 e. The normalized spacial score (nSPS) is 11.3. The van der Waals surface area contributed by atoms with E-state index in [1.807, 2.05) is 24.3 Å². The number of pyridine rings is 1. The first-order chi connectivity index (χ1) is 13.0. The SMILES string of the molecule is COc1ccc(S(=O)(=O)NCCn2ccc(-c3ccccn3)n2)c(OC)c1. The minimum absolute atomic E-state index is 0.0560. The lowest BCUT2D eigenvalue weighted by atomic mass is 10.3. The Balaban J connectivity index is 1.66. The zero-order valence-corrected chi connectivity index (χ0v) is 15.8. The molecule has 142 valence electrons. The van der Waals surface area contributed by atoms with Crippen molar-refractivity contribution in [3.8, 4) is 22.9 Å². The molecule has 9 heteroatoms. The number of hydrogen-bond acceptors (Lipinski definition) is 6. The van der Waals surface area contributed by atoms with Gasteiger partial charge in [-0.05, 0) is 30.3 Å². The third-order valence-electron chi connectivity index (χ3n) is 3.86. The molecular weight excluding hydrogens is 368 g/mol. The fourth-order valence-corrected chi connectivity index (χ4v) is 3.68. The molecule has 0 saturated carbocycles. The van der Waals surface area contributed by atoms with Crippen LogP contribution in [-0.4, -0.2) is 43.9 Å². The van der Waals surface area contributed by atoms with Gasteiger partial charge in [-0.25, -0.2) is 13.1 Å². The Labute approximate surface area is 157 Å². The quantitative estimate of drug-likeness (QED) is 0.634. The minimum atomic E-state index is -3.73. The van der Waals surface area contributed by atoms with Crippen molar-refractivity contribution in [3.63, 3.8) is 0 Å². The second kappa shape index (κ2) is 8.19. The van der Waals surface area contributed by atoms with Gasteiger partial charge in [-0.15, -0.1) is 0 Å². The average molecular weight is 388 g/mol. The molecule has 0 atom stereocenters. The summed E-state index contributed by atoms with van der Waals surface area (Å²) >= 11 is 0. The molecule has 0 fully saturated rings. The molecule has 0 spiro atoms. The van der Waals surface area contributed by atoms with Gasteiger partial charge in [0, 0.05) is 25.0 Å². The Kier molecular flexibility index (Phi) is 5.72. The Morgan fingerprint density at radius 1 is 1.07 bits per heavy atom. The highest BCUT2D eigenvalue weighted by Crippen LogP contribution is 2.28. The number of aromatic nitrogens is 3. The van der Waals surface area contributed by atoms with Gasteiger partial charge in [0.05, 0.1) is 26.5 Å². The Morgan fingerprint density at radius 3 is 2.63 bits per heavy atom. The van der Waals surface area contributed by atoms with E-state index in [1.165, 1.54) is 26.4 Å². The van der Waals surface area contributed by atoms with Gasteiger partial charge in [-0.3, -0.25) is 9.67 Å². The molecule has 2 aromatic heterocycles. The minimum Gasteiger partial charge on any atom is -0.497 e. The highest BCUT2D eigenvalue weighted by molar-refractivity contribution is 7.89. The monoisotopic (exact) mass is 388 g/mol. The summed E-state index contributed by atoms with van der Waals surface area (Å²) in [7, 11) is -0.810. The third-order valence-corrected chi connectivity index (χ3v) is 5.36. The van der Waals surface area contributed by atoms with Crippen LogP contribution in [0.3, 0.4) is 0 Å². The highest BCUT2D eigenvalue weighted by Gasteiger charge is 2.19. The van der Waals surface area contributed by atoms with E-state index in [9.17, 15) is 8.42 Å². The topological polar surface area (TPSA) is 95.3 Å². The second-order valence-electron chi connectivity index (χ2n) is 5.59. The lowest BCUT2D eigenvalue weighted by molar-refractivity contribution is 0.386. The standard InChI is InChI=1S/C18H20N4O4S/c1-25-14-6-7-18(17(13-14)26-2)27(23,24)20-10-12-22-11-8-16(21-22)15-5-3-4-9-19-15/h3-9,11,13,20H,10,12H2,1-2H3. The van der Waals surface area contributed by atoms with Gasteiger partial charge in [0.25, 0.3) is 0 Å². The van der Waals surface area contributed by atoms with Crippen LogP contribution in [-0.2, 0) is 16.6 Å². The molecule has 3 rings (SSSR count). The van der Waals surface area contributed by atoms with Gasteiger partial charge in [-0.2, -0.15) is 5.10 Å². The van der Waals surface area contributed by atoms with E-state index in [-0.39, 0.29) is 17.2 Å². The Hall–Kier alpha value is -2.91. The summed E-state index contributed by atoms with van der Waals surface area (Å²) in [5.74, 6) is 0.739. The van der Waals surface area contributed by atoms with Gasteiger partial charge in [-0.1, -0.05) is 6.07 Å². The molecule has 1 N–H and O–H groups in total. The summed E-state index contributed by atoms with van der Waals surface area (Å²) in [6, 6.07) is 12.0. The predicted octanol–water partition coefficient (Wildman–Crippen LogP) is 1.94. The zero-order chi connectivity index (χ0) is 19.3. The summed E-state index contributed by atoms with van der Waals surface area (Å²) in [6.07, 6.45) is 3.48. The second-order valence-corrected chi connectivity index (χ2v) is 7.33. The fourth-order valence-electron chi connectivity index (χ4n) is 2.51. The lowest BCUT2D eigenvalue weighted by Crippen LogP contribution is -2.28. The van der Waals surface area contributed by atoms with Crippen LogP contribution >= 0.6 is 0 Å². The Morgan fingerprint density at radius 2 is 1.93 bits per heavy atom. The first kappa shape index (κ1) is 18.9. The molecule has 0 radical (unpaired) electrons. The van der Waals surface area contributed by atoms with Gasteiger partial charge < -0.3 is 9.47 Å². The molecule has 2 heterocycles. The van der Waals surface area contributed by atoms with Crippen LogP contribution in [0.1, 0.15) is 0 Å². The average Bonchev–Trinajstić information content (AvgIpc) is 3.17. The fraction of sp³-hybridized carbons (Fsp3) is 0.222. The van der Waals surface area contributed by atoms with E-state index in [4.69, 9.17) is 9.47 Å². The van der Waals surface area contributed by atoms with Gasteiger partial charge in [0.15, 0.2) is 0 Å². The number of ether oxygens (including phenoxy) is 2. The maximum atomic E-state index is 12.6. The van der Waals surface area contributed by atoms with Gasteiger partial charge >= 0.3 is 0 Å². The van der Waals surface area contributed by atoms with Crippen LogP contribution in [0, 0.1) is 0 Å². The molecular formula is C18H20N4O4S. The molecule has 0 aliphatic heterocycles. The van der Waals surface area contributed by atoms with Gasteiger partial charge in [0.2, 0.25) is 10.0 Å². The number of hydrogen-bond donors (Lipinski definition) is 1. The maximum absolute atomic E-state index is 12.6. The zero-order valence-electron chi connectivity index (χ0n) is 15.0. The van der Waals surface area contributed by atoms with Crippen LogP contribution in [0.4, 0.5) is 0 Å². The molecule has 8 nitrogen and oxygen atoms in total. The van der Waals surface area contributed by atoms with Crippen LogP contribution in [0.5, 0.6) is 11.5 Å². The Bertz CT molecular complexity index is 1000. The number of sulfonamides is 1. The third kappa shape index (κ3) is 4.44. The number of nitrogens with zero attached hydrogens (tertiary/aromatic N) is 3. The van der Waals surface area contributed by atoms with Crippen molar-refractivity contribution >= 4 is 10.0 Å². The van der Waals surface area contributed by atoms with Crippen LogP contribution < -0.4 is 14.2 Å². The molecule has 0 aliphatic carbocycles. The van der Waals surface area contributed by atoms with Crippen molar-refractivity contribution in [3.05, 3.63) is 54.9 Å². The van der Waals surface area contributed by atoms with Crippen molar-refractivity contribution < 1.29 is 17.9 Å². The summed E-state index contributed by atoms with van der Waals surface area (Å²) in [5, 5.41) is 4.41. The highest BCUT2D eigenvalue weighted by atomic mass is 32.2. The molecule has 0 aliphatic rings. The predicted molar refractivity (Wildman–Crippen MR) is 100 cm³/mol. The number of methoxy groups -OCH3 is 2. The van der Waals surface area contributed by atoms with Crippen LogP contribution in [0.2, 0.25) is 0 Å². The summed E-state index contributed by atoms with van der Waals surface area (Å²) in [6.45, 7) is 0.561. The van der Waals surface area contributed by atoms with Crippen molar-refractivity contribution in [2.75, 3.05) is 20.8 Å². The van der Waals surface area contributed by atoms with E-state index < -0.39 is 10.0 Å². The molecule has 0 amide bonds. The molecule has 0 bridgehead atoms. The number of benzene rings is 1. The largest absolute Gasteiger partial charge is 0.497 e. The van der Waals surface area contributed by atoms with Crippen molar-refractivity contribution in [2.24, 2.45) is 0 Å². The molecule has 0 saturated heterocycles. The summed E-state index contributed by atoms with van der Waals surface area (Å²) in [4.78, 5) is 4.30. The van der Waals surface area contributed by atoms with Crippen LogP contribution in [0.15, 0.2) is 59.8 Å². The summed E-state index contributed by atoms with van der Waals surface area (Å²) < 4.78 is 39.6. The van der Waals surface area contributed by atoms with Crippen LogP contribution in [0.25, 0.3) is 11.4 Å². The molecule has 27 heavy (non-hydrogen) atoms. The first-order valence-electron chi connectivity index (χ1n) is 8.20. The lowest BCUT2D eigenvalue weighted by Gasteiger charge is -2.12. The summed E-state index contributed by atoms with van der Waals surface area (Å²) in [5.41, 5.74) is 1.50. The van der Waals surface area contributed by atoms with E-state index in [0.717, 1.165) is 11.4 Å². The number of rotatable bonds is 8. The van der Waals surface area contributed by atoms with Crippen molar-refractivity contribution in [1.29, 1.82) is 0 Å².